The number of amides is 2. The van der Waals surface area contributed by atoms with Crippen molar-refractivity contribution < 1.29 is 22.7 Å². The van der Waals surface area contributed by atoms with E-state index >= 15 is 0 Å². The summed E-state index contributed by atoms with van der Waals surface area (Å²) in [6.07, 6.45) is 1.05. The highest BCUT2D eigenvalue weighted by atomic mass is 32.2. The van der Waals surface area contributed by atoms with E-state index in [9.17, 15) is 18.0 Å². The van der Waals surface area contributed by atoms with Crippen LogP contribution in [0.3, 0.4) is 0 Å². The molecule has 0 spiro atoms. The summed E-state index contributed by atoms with van der Waals surface area (Å²) in [6.45, 7) is 5.54. The Labute approximate surface area is 190 Å². The van der Waals surface area contributed by atoms with Crippen LogP contribution in [0.5, 0.6) is 5.75 Å². The van der Waals surface area contributed by atoms with Crippen LogP contribution in [0.2, 0.25) is 0 Å². The number of nitrogens with one attached hydrogen (secondary N) is 1. The van der Waals surface area contributed by atoms with Crippen molar-refractivity contribution in [1.29, 1.82) is 0 Å². The van der Waals surface area contributed by atoms with Gasteiger partial charge in [0.05, 0.1) is 19.1 Å². The Kier molecular flexibility index (Phi) is 8.65. The number of hydrogen-bond donors (Lipinski definition) is 1. The monoisotopic (exact) mass is 461 g/mol. The molecular weight excluding hydrogens is 430 g/mol. The molecule has 32 heavy (non-hydrogen) atoms. The first-order valence-electron chi connectivity index (χ1n) is 10.3. The summed E-state index contributed by atoms with van der Waals surface area (Å²) in [4.78, 5) is 27.3. The van der Waals surface area contributed by atoms with Crippen molar-refractivity contribution in [3.05, 3.63) is 59.7 Å². The van der Waals surface area contributed by atoms with Crippen LogP contribution >= 0.6 is 0 Å². The smallest absolute Gasteiger partial charge is 0.244 e. The molecule has 1 N–H and O–H groups in total. The highest BCUT2D eigenvalue weighted by molar-refractivity contribution is 7.92. The van der Waals surface area contributed by atoms with Crippen molar-refractivity contribution in [2.75, 3.05) is 30.8 Å². The average Bonchev–Trinajstić information content (AvgIpc) is 2.75. The SMILES string of the molecule is CCNC(=O)C(C)N(Cc1ccccc1C)C(=O)CN(c1ccc(OC)cc1)S(C)(=O)=O. The van der Waals surface area contributed by atoms with Crippen molar-refractivity contribution in [2.24, 2.45) is 0 Å². The third-order valence-corrected chi connectivity index (χ3v) is 6.30. The summed E-state index contributed by atoms with van der Waals surface area (Å²) >= 11 is 0. The Hall–Kier alpha value is -3.07. The second kappa shape index (κ2) is 11.0. The van der Waals surface area contributed by atoms with E-state index in [0.29, 0.717) is 18.0 Å². The number of carbonyl (C=O) groups is 2. The number of carbonyl (C=O) groups excluding carboxylic acids is 2. The van der Waals surface area contributed by atoms with Crippen molar-refractivity contribution in [1.82, 2.24) is 10.2 Å². The lowest BCUT2D eigenvalue weighted by atomic mass is 10.1. The van der Waals surface area contributed by atoms with Gasteiger partial charge in [0, 0.05) is 13.1 Å². The number of likely N-dealkylation sites (N-methyl/N-ethyl adjacent to an activating group) is 1. The normalized spacial score (nSPS) is 12.0. The summed E-state index contributed by atoms with van der Waals surface area (Å²) in [5.74, 6) is -0.211. The fourth-order valence-corrected chi connectivity index (χ4v) is 4.09. The number of hydrogen-bond acceptors (Lipinski definition) is 5. The molecule has 0 aromatic heterocycles. The molecule has 0 aliphatic heterocycles. The number of ether oxygens (including phenoxy) is 1. The second-order valence-corrected chi connectivity index (χ2v) is 9.39. The van der Waals surface area contributed by atoms with E-state index in [1.165, 1.54) is 12.0 Å². The lowest BCUT2D eigenvalue weighted by molar-refractivity contribution is -0.139. The van der Waals surface area contributed by atoms with Gasteiger partial charge in [-0.1, -0.05) is 24.3 Å². The van der Waals surface area contributed by atoms with Gasteiger partial charge in [-0.05, 0) is 56.2 Å². The summed E-state index contributed by atoms with van der Waals surface area (Å²) in [5.41, 5.74) is 2.19. The number of rotatable bonds is 10. The van der Waals surface area contributed by atoms with E-state index < -0.39 is 28.5 Å². The summed E-state index contributed by atoms with van der Waals surface area (Å²) < 4.78 is 31.2. The topological polar surface area (TPSA) is 96.0 Å². The molecule has 2 amide bonds. The van der Waals surface area contributed by atoms with Gasteiger partial charge in [0.1, 0.15) is 18.3 Å². The molecule has 2 aromatic carbocycles. The lowest BCUT2D eigenvalue weighted by Gasteiger charge is -2.31. The fourth-order valence-electron chi connectivity index (χ4n) is 3.24. The van der Waals surface area contributed by atoms with Gasteiger partial charge in [-0.25, -0.2) is 8.42 Å². The van der Waals surface area contributed by atoms with Crippen LogP contribution in [0.25, 0.3) is 0 Å². The van der Waals surface area contributed by atoms with E-state index in [-0.39, 0.29) is 12.5 Å². The molecule has 0 heterocycles. The van der Waals surface area contributed by atoms with E-state index in [1.807, 2.05) is 31.2 Å². The number of methoxy groups -OCH3 is 1. The highest BCUT2D eigenvalue weighted by Gasteiger charge is 2.30. The molecule has 2 rings (SSSR count). The number of benzene rings is 2. The maximum atomic E-state index is 13.4. The first-order chi connectivity index (χ1) is 15.1. The van der Waals surface area contributed by atoms with Gasteiger partial charge in [0.15, 0.2) is 0 Å². The van der Waals surface area contributed by atoms with Crippen LogP contribution in [0.15, 0.2) is 48.5 Å². The van der Waals surface area contributed by atoms with Gasteiger partial charge in [0.25, 0.3) is 0 Å². The minimum atomic E-state index is -3.76. The zero-order valence-electron chi connectivity index (χ0n) is 19.2. The molecule has 1 unspecified atom stereocenters. The van der Waals surface area contributed by atoms with E-state index in [4.69, 9.17) is 4.74 Å². The standard InChI is InChI=1S/C23H31N3O5S/c1-6-24-23(28)18(3)25(15-19-10-8-7-9-17(19)2)22(27)16-26(32(5,29)30)20-11-13-21(31-4)14-12-20/h7-14,18H,6,15-16H2,1-5H3,(H,24,28). The zero-order valence-corrected chi connectivity index (χ0v) is 20.0. The van der Waals surface area contributed by atoms with Gasteiger partial charge in [-0.3, -0.25) is 13.9 Å². The van der Waals surface area contributed by atoms with Gasteiger partial charge >= 0.3 is 0 Å². The van der Waals surface area contributed by atoms with Crippen LogP contribution < -0.4 is 14.4 Å². The number of anilines is 1. The van der Waals surface area contributed by atoms with Gasteiger partial charge in [-0.15, -0.1) is 0 Å². The van der Waals surface area contributed by atoms with Gasteiger partial charge < -0.3 is 15.0 Å². The van der Waals surface area contributed by atoms with Crippen LogP contribution in [0.4, 0.5) is 5.69 Å². The van der Waals surface area contributed by atoms with Crippen molar-refractivity contribution >= 4 is 27.5 Å². The molecule has 174 valence electrons. The largest absolute Gasteiger partial charge is 0.497 e. The Bertz CT molecular complexity index is 1040. The molecule has 0 aliphatic rings. The van der Waals surface area contributed by atoms with Crippen molar-refractivity contribution in [2.45, 2.75) is 33.4 Å². The molecule has 8 nitrogen and oxygen atoms in total. The molecule has 0 bridgehead atoms. The first kappa shape index (κ1) is 25.2. The number of aryl methyl sites for hydroxylation is 1. The van der Waals surface area contributed by atoms with Crippen LogP contribution in [0, 0.1) is 6.92 Å². The van der Waals surface area contributed by atoms with Crippen LogP contribution in [-0.4, -0.2) is 57.6 Å². The molecule has 1 atom stereocenters. The molecule has 0 radical (unpaired) electrons. The Morgan fingerprint density at radius 3 is 2.25 bits per heavy atom. The minimum absolute atomic E-state index is 0.185. The van der Waals surface area contributed by atoms with Gasteiger partial charge in [0.2, 0.25) is 21.8 Å². The van der Waals surface area contributed by atoms with Crippen LogP contribution in [0.1, 0.15) is 25.0 Å². The molecule has 9 heteroatoms. The molecular formula is C23H31N3O5S. The molecule has 0 saturated heterocycles. The Morgan fingerprint density at radius 2 is 1.72 bits per heavy atom. The predicted octanol–water partition coefficient (Wildman–Crippen LogP) is 2.32. The first-order valence-corrected chi connectivity index (χ1v) is 12.2. The zero-order chi connectivity index (χ0) is 23.9. The Morgan fingerprint density at radius 1 is 1.09 bits per heavy atom. The van der Waals surface area contributed by atoms with Crippen molar-refractivity contribution in [3.8, 4) is 5.75 Å². The third kappa shape index (κ3) is 6.46. The summed E-state index contributed by atoms with van der Waals surface area (Å²) in [5, 5.41) is 2.73. The maximum Gasteiger partial charge on any atom is 0.244 e. The predicted molar refractivity (Wildman–Crippen MR) is 125 cm³/mol. The van der Waals surface area contributed by atoms with E-state index in [2.05, 4.69) is 5.32 Å². The van der Waals surface area contributed by atoms with E-state index in [0.717, 1.165) is 21.7 Å². The quantitative estimate of drug-likeness (QED) is 0.586. The average molecular weight is 462 g/mol. The molecule has 0 fully saturated rings. The number of sulfonamides is 1. The fraction of sp³-hybridized carbons (Fsp3) is 0.391. The molecule has 0 saturated carbocycles. The summed E-state index contributed by atoms with van der Waals surface area (Å²) in [7, 11) is -2.25. The van der Waals surface area contributed by atoms with E-state index in [1.54, 1.807) is 38.1 Å². The number of nitrogens with zero attached hydrogens (tertiary/aromatic N) is 2. The molecule has 2 aromatic rings. The lowest BCUT2D eigenvalue weighted by Crippen LogP contribution is -2.51. The van der Waals surface area contributed by atoms with Gasteiger partial charge in [-0.2, -0.15) is 0 Å². The minimum Gasteiger partial charge on any atom is -0.497 e. The summed E-state index contributed by atoms with van der Waals surface area (Å²) in [6, 6.07) is 13.2. The highest BCUT2D eigenvalue weighted by Crippen LogP contribution is 2.22. The maximum absolute atomic E-state index is 13.4. The second-order valence-electron chi connectivity index (χ2n) is 7.49. The third-order valence-electron chi connectivity index (χ3n) is 5.16. The van der Waals surface area contributed by atoms with Crippen LogP contribution in [-0.2, 0) is 26.2 Å². The van der Waals surface area contributed by atoms with Crippen molar-refractivity contribution in [3.63, 3.8) is 0 Å². The Balaban J connectivity index is 2.38. The molecule has 0 aliphatic carbocycles.